The first-order valence-electron chi connectivity index (χ1n) is 12.1. The summed E-state index contributed by atoms with van der Waals surface area (Å²) in [6.45, 7) is 1.23. The molecule has 2 aromatic carbocycles. The molecule has 1 fully saturated rings. The van der Waals surface area contributed by atoms with E-state index in [0.29, 0.717) is 27.5 Å². The number of hydrogen-bond donors (Lipinski definition) is 2. The lowest BCUT2D eigenvalue weighted by Crippen LogP contribution is -2.43. The van der Waals surface area contributed by atoms with E-state index in [1.165, 1.54) is 11.0 Å². The number of alkyl halides is 2. The molecule has 0 unspecified atom stereocenters. The van der Waals surface area contributed by atoms with E-state index in [1.807, 2.05) is 0 Å². The fourth-order valence-electron chi connectivity index (χ4n) is 4.92. The minimum Gasteiger partial charge on any atom is -0.481 e. The predicted octanol–water partition coefficient (Wildman–Crippen LogP) is 6.20. The highest BCUT2D eigenvalue weighted by Gasteiger charge is 2.37. The van der Waals surface area contributed by atoms with Crippen molar-refractivity contribution >= 4 is 44.5 Å². The Morgan fingerprint density at radius 1 is 1.21 bits per heavy atom. The first-order chi connectivity index (χ1) is 18.0. The van der Waals surface area contributed by atoms with Gasteiger partial charge in [-0.1, -0.05) is 22.0 Å². The SMILES string of the molecule is Cc1c(N2CCCC(F)(F)C2)nc2ccc(Br)cc2c1C(=O)NC[C@H](CCC(=O)O)c1c(F)cccc1F. The highest BCUT2D eigenvalue weighted by atomic mass is 79.9. The topological polar surface area (TPSA) is 82.5 Å². The summed E-state index contributed by atoms with van der Waals surface area (Å²) in [5, 5.41) is 12.3. The van der Waals surface area contributed by atoms with Crippen molar-refractivity contribution in [1.82, 2.24) is 10.3 Å². The average Bonchev–Trinajstić information content (AvgIpc) is 2.83. The van der Waals surface area contributed by atoms with Gasteiger partial charge in [0.25, 0.3) is 11.8 Å². The van der Waals surface area contributed by atoms with Gasteiger partial charge in [0.15, 0.2) is 0 Å². The molecule has 0 spiro atoms. The van der Waals surface area contributed by atoms with Gasteiger partial charge in [-0.25, -0.2) is 22.5 Å². The summed E-state index contributed by atoms with van der Waals surface area (Å²) in [5.41, 5.74) is 0.718. The summed E-state index contributed by atoms with van der Waals surface area (Å²) in [7, 11) is 0. The number of benzene rings is 2. The number of aromatic nitrogens is 1. The van der Waals surface area contributed by atoms with Crippen LogP contribution in [0.1, 0.15) is 53.1 Å². The van der Waals surface area contributed by atoms with Gasteiger partial charge in [0, 0.05) is 52.8 Å². The van der Waals surface area contributed by atoms with Crippen LogP contribution in [0.2, 0.25) is 0 Å². The largest absolute Gasteiger partial charge is 0.481 e. The van der Waals surface area contributed by atoms with E-state index in [4.69, 9.17) is 5.11 Å². The van der Waals surface area contributed by atoms with Crippen LogP contribution in [0, 0.1) is 18.6 Å². The van der Waals surface area contributed by atoms with E-state index in [9.17, 15) is 27.2 Å². The van der Waals surface area contributed by atoms with Gasteiger partial charge in [0.1, 0.15) is 17.5 Å². The van der Waals surface area contributed by atoms with E-state index in [0.717, 1.165) is 12.1 Å². The van der Waals surface area contributed by atoms with Crippen molar-refractivity contribution in [2.75, 3.05) is 24.5 Å². The second-order valence-corrected chi connectivity index (χ2v) is 10.4. The molecule has 4 rings (SSSR count). The van der Waals surface area contributed by atoms with Crippen LogP contribution in [-0.4, -0.2) is 47.5 Å². The van der Waals surface area contributed by atoms with Gasteiger partial charge >= 0.3 is 5.97 Å². The third-order valence-electron chi connectivity index (χ3n) is 6.71. The van der Waals surface area contributed by atoms with Crippen molar-refractivity contribution in [2.24, 2.45) is 0 Å². The number of anilines is 1. The summed E-state index contributed by atoms with van der Waals surface area (Å²) in [5.74, 6) is -6.96. The molecule has 0 saturated carbocycles. The van der Waals surface area contributed by atoms with Gasteiger partial charge in [-0.2, -0.15) is 0 Å². The fourth-order valence-corrected chi connectivity index (χ4v) is 5.28. The Morgan fingerprint density at radius 2 is 1.92 bits per heavy atom. The third kappa shape index (κ3) is 6.09. The number of carboxylic acids is 1. The lowest BCUT2D eigenvalue weighted by Gasteiger charge is -2.34. The molecule has 6 nitrogen and oxygen atoms in total. The molecule has 0 radical (unpaired) electrons. The van der Waals surface area contributed by atoms with Crippen molar-refractivity contribution in [3.8, 4) is 0 Å². The Hall–Kier alpha value is -3.21. The monoisotopic (exact) mass is 595 g/mol. The van der Waals surface area contributed by atoms with Crippen LogP contribution in [0.15, 0.2) is 40.9 Å². The predicted molar refractivity (Wildman–Crippen MR) is 139 cm³/mol. The number of rotatable bonds is 8. The minimum absolute atomic E-state index is 0.108. The molecule has 1 aliphatic rings. The van der Waals surface area contributed by atoms with Gasteiger partial charge in [-0.3, -0.25) is 9.59 Å². The van der Waals surface area contributed by atoms with Crippen molar-refractivity contribution in [3.63, 3.8) is 0 Å². The number of carbonyl (C=O) groups is 2. The van der Waals surface area contributed by atoms with E-state index < -0.39 is 41.9 Å². The number of nitrogens with zero attached hydrogens (tertiary/aromatic N) is 2. The number of carboxylic acid groups (broad SMARTS) is 1. The summed E-state index contributed by atoms with van der Waals surface area (Å²) >= 11 is 3.39. The molecular formula is C27H26BrF4N3O3. The van der Waals surface area contributed by atoms with E-state index in [-0.39, 0.29) is 49.2 Å². The zero-order valence-corrected chi connectivity index (χ0v) is 22.1. The molecule has 11 heteroatoms. The Labute approximate surface area is 225 Å². The lowest BCUT2D eigenvalue weighted by molar-refractivity contribution is -0.137. The van der Waals surface area contributed by atoms with Gasteiger partial charge in [0.2, 0.25) is 0 Å². The molecule has 1 aliphatic heterocycles. The van der Waals surface area contributed by atoms with Crippen LogP contribution in [0.5, 0.6) is 0 Å². The molecule has 2 heterocycles. The number of nitrogens with one attached hydrogen (secondary N) is 1. The summed E-state index contributed by atoms with van der Waals surface area (Å²) in [6, 6.07) is 8.45. The van der Waals surface area contributed by atoms with Crippen LogP contribution >= 0.6 is 15.9 Å². The van der Waals surface area contributed by atoms with Crippen LogP contribution in [0.25, 0.3) is 10.9 Å². The summed E-state index contributed by atoms with van der Waals surface area (Å²) in [4.78, 5) is 30.8. The number of carbonyl (C=O) groups excluding carboxylic acids is 1. The first-order valence-corrected chi connectivity index (χ1v) is 12.9. The van der Waals surface area contributed by atoms with Crippen LogP contribution in [0.3, 0.4) is 0 Å². The molecule has 3 aromatic rings. The summed E-state index contributed by atoms with van der Waals surface area (Å²) < 4.78 is 58.1. The second-order valence-electron chi connectivity index (χ2n) is 9.45. The molecule has 202 valence electrons. The lowest BCUT2D eigenvalue weighted by atomic mass is 9.92. The van der Waals surface area contributed by atoms with Gasteiger partial charge < -0.3 is 15.3 Å². The molecule has 1 amide bonds. The summed E-state index contributed by atoms with van der Waals surface area (Å²) in [6.07, 6.45) is -0.413. The Balaban J connectivity index is 1.71. The number of piperidine rings is 1. The molecule has 0 aliphatic carbocycles. The highest BCUT2D eigenvalue weighted by molar-refractivity contribution is 9.10. The van der Waals surface area contributed by atoms with E-state index >= 15 is 0 Å². The zero-order chi connectivity index (χ0) is 27.6. The maximum atomic E-state index is 14.5. The van der Waals surface area contributed by atoms with Gasteiger partial charge in [0.05, 0.1) is 17.6 Å². The molecule has 2 N–H and O–H groups in total. The first kappa shape index (κ1) is 27.8. The maximum absolute atomic E-state index is 14.5. The smallest absolute Gasteiger partial charge is 0.303 e. The number of pyridine rings is 1. The quantitative estimate of drug-likeness (QED) is 0.303. The minimum atomic E-state index is -2.88. The highest BCUT2D eigenvalue weighted by Crippen LogP contribution is 2.35. The molecular weight excluding hydrogens is 570 g/mol. The van der Waals surface area contributed by atoms with Crippen molar-refractivity contribution in [2.45, 2.75) is 44.4 Å². The number of aliphatic carboxylic acids is 1. The number of amides is 1. The van der Waals surface area contributed by atoms with Crippen molar-refractivity contribution < 1.29 is 32.3 Å². The standard InChI is InChI=1S/C27H26BrF4N3O3/c1-15-23(26(38)33-13-16(6-9-22(36)37)24-19(29)4-2-5-20(24)30)18-12-17(28)7-8-21(18)34-25(15)35-11-3-10-27(31,32)14-35/h2,4-5,7-8,12,16H,3,6,9-11,13-14H2,1H3,(H,33,38)(H,36,37)/t16-/m0/s1. The number of fused-ring (bicyclic) bond motifs is 1. The van der Waals surface area contributed by atoms with Crippen LogP contribution < -0.4 is 10.2 Å². The van der Waals surface area contributed by atoms with Crippen molar-refractivity contribution in [1.29, 1.82) is 0 Å². The normalized spacial score (nSPS) is 15.9. The maximum Gasteiger partial charge on any atom is 0.303 e. The molecule has 38 heavy (non-hydrogen) atoms. The third-order valence-corrected chi connectivity index (χ3v) is 7.20. The molecule has 1 saturated heterocycles. The Kier molecular flexibility index (Phi) is 8.25. The molecule has 1 atom stereocenters. The van der Waals surface area contributed by atoms with E-state index in [2.05, 4.69) is 26.2 Å². The average molecular weight is 596 g/mol. The molecule has 1 aromatic heterocycles. The Bertz CT molecular complexity index is 1370. The van der Waals surface area contributed by atoms with Crippen LogP contribution in [0.4, 0.5) is 23.4 Å². The fraction of sp³-hybridized carbons (Fsp3) is 0.370. The number of halogens is 5. The zero-order valence-electron chi connectivity index (χ0n) is 20.5. The Morgan fingerprint density at radius 3 is 2.58 bits per heavy atom. The van der Waals surface area contributed by atoms with Gasteiger partial charge in [-0.15, -0.1) is 0 Å². The molecule has 0 bridgehead atoms. The van der Waals surface area contributed by atoms with E-state index in [1.54, 1.807) is 25.1 Å². The van der Waals surface area contributed by atoms with Crippen LogP contribution in [-0.2, 0) is 4.79 Å². The second kappa shape index (κ2) is 11.3. The van der Waals surface area contributed by atoms with Gasteiger partial charge in [-0.05, 0) is 50.1 Å². The number of hydrogen-bond acceptors (Lipinski definition) is 4. The van der Waals surface area contributed by atoms with Crippen molar-refractivity contribution in [3.05, 3.63) is 69.2 Å².